The van der Waals surface area contributed by atoms with Crippen molar-refractivity contribution in [3.05, 3.63) is 70.5 Å². The minimum Gasteiger partial charge on any atom is -0.496 e. The number of allylic oxidation sites excluding steroid dienone is 2. The molecule has 3 atom stereocenters. The fourth-order valence-corrected chi connectivity index (χ4v) is 4.42. The zero-order chi connectivity index (χ0) is 20.0. The Bertz CT molecular complexity index is 1020. The van der Waals surface area contributed by atoms with Crippen LogP contribution < -0.4 is 20.5 Å². The van der Waals surface area contributed by atoms with E-state index in [0.717, 1.165) is 41.2 Å². The van der Waals surface area contributed by atoms with Gasteiger partial charge in [-0.15, -0.1) is 5.73 Å². The molecule has 3 heterocycles. The number of nitrogens with zero attached hydrogens (tertiary/aromatic N) is 1. The van der Waals surface area contributed by atoms with Gasteiger partial charge in [-0.2, -0.15) is 0 Å². The largest absolute Gasteiger partial charge is 0.496 e. The molecule has 1 saturated heterocycles. The van der Waals surface area contributed by atoms with Gasteiger partial charge in [-0.25, -0.2) is 0 Å². The highest BCUT2D eigenvalue weighted by Crippen LogP contribution is 2.34. The number of fused-ring (bicyclic) bond motifs is 1. The molecule has 1 amide bonds. The molecule has 1 aromatic carbocycles. The van der Waals surface area contributed by atoms with Gasteiger partial charge >= 0.3 is 0 Å². The van der Waals surface area contributed by atoms with E-state index < -0.39 is 0 Å². The van der Waals surface area contributed by atoms with Crippen LogP contribution in [0.4, 0.5) is 0 Å². The fraction of sp³-hybridized carbons (Fsp3) is 0.304. The van der Waals surface area contributed by atoms with Gasteiger partial charge in [0.25, 0.3) is 5.91 Å². The summed E-state index contributed by atoms with van der Waals surface area (Å²) in [6.45, 7) is 1.11. The normalized spacial score (nSPS) is 27.9. The summed E-state index contributed by atoms with van der Waals surface area (Å²) in [5.41, 5.74) is 13.3. The SMILES string of the molecule is COc1cccc2c1C=C=C([C@@H]1NC(=O)C3=CC4C(=CC=C3)C(N)CCN41)CO2. The predicted octanol–water partition coefficient (Wildman–Crippen LogP) is 1.91. The van der Waals surface area contributed by atoms with E-state index in [0.29, 0.717) is 12.2 Å². The van der Waals surface area contributed by atoms with Gasteiger partial charge in [0.1, 0.15) is 24.3 Å². The quantitative estimate of drug-likeness (QED) is 0.756. The van der Waals surface area contributed by atoms with Gasteiger partial charge in [0, 0.05) is 23.7 Å². The van der Waals surface area contributed by atoms with Crippen LogP contribution in [0, 0.1) is 0 Å². The van der Waals surface area contributed by atoms with Crippen LogP contribution >= 0.6 is 0 Å². The Morgan fingerprint density at radius 3 is 3.14 bits per heavy atom. The molecule has 2 bridgehead atoms. The fourth-order valence-electron chi connectivity index (χ4n) is 4.42. The summed E-state index contributed by atoms with van der Waals surface area (Å²) in [6.07, 6.45) is 10.2. The highest BCUT2D eigenvalue weighted by Gasteiger charge is 2.40. The standard InChI is InChI=1S/C23H23N3O3/c1-28-20-6-3-7-21-17(20)9-8-15(13-29-21)22-25-23(27)14-4-2-5-16-18(24)10-11-26(22)19(16)12-14/h2-7,9,12,18-19,22H,10-11,13,24H2,1H3,(H,25,27)/t18?,19?,22-/m1/s1. The molecule has 0 aromatic heterocycles. The van der Waals surface area contributed by atoms with Crippen molar-refractivity contribution in [2.24, 2.45) is 5.73 Å². The highest BCUT2D eigenvalue weighted by molar-refractivity contribution is 5.97. The second kappa shape index (κ2) is 7.08. The third-order valence-electron chi connectivity index (χ3n) is 5.95. The van der Waals surface area contributed by atoms with Gasteiger partial charge < -0.3 is 20.5 Å². The molecule has 0 saturated carbocycles. The number of piperidine rings is 1. The van der Waals surface area contributed by atoms with Crippen LogP contribution in [-0.2, 0) is 4.79 Å². The highest BCUT2D eigenvalue weighted by atomic mass is 16.5. The first-order valence-electron chi connectivity index (χ1n) is 9.83. The first-order valence-corrected chi connectivity index (χ1v) is 9.83. The molecule has 1 aromatic rings. The predicted molar refractivity (Wildman–Crippen MR) is 110 cm³/mol. The monoisotopic (exact) mass is 389 g/mol. The topological polar surface area (TPSA) is 76.8 Å². The zero-order valence-electron chi connectivity index (χ0n) is 16.2. The Morgan fingerprint density at radius 2 is 2.28 bits per heavy atom. The summed E-state index contributed by atoms with van der Waals surface area (Å²) in [5.74, 6) is 1.38. The van der Waals surface area contributed by atoms with Crippen LogP contribution in [0.3, 0.4) is 0 Å². The van der Waals surface area contributed by atoms with E-state index in [1.807, 2.05) is 42.5 Å². The third kappa shape index (κ3) is 3.02. The van der Waals surface area contributed by atoms with E-state index in [1.165, 1.54) is 0 Å². The molecule has 3 aliphatic heterocycles. The Labute approximate surface area is 169 Å². The lowest BCUT2D eigenvalue weighted by Crippen LogP contribution is -2.57. The van der Waals surface area contributed by atoms with E-state index >= 15 is 0 Å². The van der Waals surface area contributed by atoms with Gasteiger partial charge in [0.15, 0.2) is 0 Å². The van der Waals surface area contributed by atoms with Crippen LogP contribution in [-0.4, -0.2) is 49.3 Å². The van der Waals surface area contributed by atoms with Crippen molar-refractivity contribution >= 4 is 12.0 Å². The van der Waals surface area contributed by atoms with Gasteiger partial charge in [-0.3, -0.25) is 9.69 Å². The number of carbonyl (C=O) groups excluding carboxylic acids is 1. The molecule has 2 unspecified atom stereocenters. The van der Waals surface area contributed by atoms with Gasteiger partial charge in [0.2, 0.25) is 0 Å². The van der Waals surface area contributed by atoms with Crippen LogP contribution in [0.1, 0.15) is 12.0 Å². The van der Waals surface area contributed by atoms with E-state index in [2.05, 4.69) is 22.0 Å². The molecule has 4 aliphatic rings. The Balaban J connectivity index is 1.57. The smallest absolute Gasteiger partial charge is 0.252 e. The number of carbonyl (C=O) groups is 1. The molecule has 6 nitrogen and oxygen atoms in total. The molecule has 0 radical (unpaired) electrons. The molecule has 1 aliphatic carbocycles. The van der Waals surface area contributed by atoms with Crippen molar-refractivity contribution in [1.29, 1.82) is 0 Å². The van der Waals surface area contributed by atoms with Crippen molar-refractivity contribution in [2.75, 3.05) is 20.3 Å². The van der Waals surface area contributed by atoms with Gasteiger partial charge in [0.05, 0.1) is 18.7 Å². The van der Waals surface area contributed by atoms with Crippen molar-refractivity contribution in [3.8, 4) is 11.5 Å². The number of nitrogens with two attached hydrogens (primary N) is 1. The Morgan fingerprint density at radius 1 is 1.38 bits per heavy atom. The van der Waals surface area contributed by atoms with Crippen LogP contribution in [0.15, 0.2) is 65.0 Å². The molecule has 148 valence electrons. The van der Waals surface area contributed by atoms with E-state index in [4.69, 9.17) is 15.2 Å². The van der Waals surface area contributed by atoms with E-state index in [9.17, 15) is 4.79 Å². The number of nitrogens with one attached hydrogen (secondary N) is 1. The molecule has 3 N–H and O–H groups in total. The van der Waals surface area contributed by atoms with Crippen LogP contribution in [0.2, 0.25) is 0 Å². The van der Waals surface area contributed by atoms with Gasteiger partial charge in [-0.1, -0.05) is 24.3 Å². The zero-order valence-corrected chi connectivity index (χ0v) is 16.2. The number of rotatable bonds is 2. The summed E-state index contributed by atoms with van der Waals surface area (Å²) in [4.78, 5) is 15.2. The average Bonchev–Trinajstić information content (AvgIpc) is 3.14. The first-order chi connectivity index (χ1) is 14.2. The number of ether oxygens (including phenoxy) is 2. The molecule has 29 heavy (non-hydrogen) atoms. The maximum atomic E-state index is 12.9. The molecule has 6 heteroatoms. The van der Waals surface area contributed by atoms with Crippen LogP contribution in [0.25, 0.3) is 6.08 Å². The van der Waals surface area contributed by atoms with Crippen LogP contribution in [0.5, 0.6) is 11.5 Å². The molecular formula is C23H23N3O3. The van der Waals surface area contributed by atoms with Crippen molar-refractivity contribution in [1.82, 2.24) is 10.2 Å². The summed E-state index contributed by atoms with van der Waals surface area (Å²) in [7, 11) is 1.64. The van der Waals surface area contributed by atoms with Crippen molar-refractivity contribution in [3.63, 3.8) is 0 Å². The summed E-state index contributed by atoms with van der Waals surface area (Å²) in [5, 5.41) is 3.17. The number of methoxy groups -OCH3 is 1. The lowest BCUT2D eigenvalue weighted by Gasteiger charge is -2.42. The minimum absolute atomic E-state index is 0.00577. The molecular weight excluding hydrogens is 366 g/mol. The molecule has 5 rings (SSSR count). The number of hydrogen-bond donors (Lipinski definition) is 2. The number of amides is 1. The molecule has 0 spiro atoms. The molecule has 1 fully saturated rings. The third-order valence-corrected chi connectivity index (χ3v) is 5.95. The van der Waals surface area contributed by atoms with Crippen molar-refractivity contribution in [2.45, 2.75) is 24.7 Å². The summed E-state index contributed by atoms with van der Waals surface area (Å²) >= 11 is 0. The second-order valence-corrected chi connectivity index (χ2v) is 7.58. The lowest BCUT2D eigenvalue weighted by atomic mass is 9.90. The number of hydrogen-bond acceptors (Lipinski definition) is 5. The lowest BCUT2D eigenvalue weighted by molar-refractivity contribution is -0.118. The Hall–Kier alpha value is -3.05. The minimum atomic E-state index is -0.319. The summed E-state index contributed by atoms with van der Waals surface area (Å²) in [6, 6.07) is 5.68. The van der Waals surface area contributed by atoms with Crippen molar-refractivity contribution < 1.29 is 14.3 Å². The number of benzene rings is 1. The van der Waals surface area contributed by atoms with Gasteiger partial charge in [-0.05, 0) is 36.3 Å². The average molecular weight is 389 g/mol. The first kappa shape index (κ1) is 18.0. The Kier molecular flexibility index (Phi) is 4.40. The van der Waals surface area contributed by atoms with E-state index in [1.54, 1.807) is 7.11 Å². The second-order valence-electron chi connectivity index (χ2n) is 7.58. The maximum Gasteiger partial charge on any atom is 0.252 e. The maximum absolute atomic E-state index is 12.9. The van der Waals surface area contributed by atoms with E-state index in [-0.39, 0.29) is 24.2 Å². The summed E-state index contributed by atoms with van der Waals surface area (Å²) < 4.78 is 11.5.